The highest BCUT2D eigenvalue weighted by atomic mass is 16.5. The van der Waals surface area contributed by atoms with Crippen molar-refractivity contribution < 1.29 is 43.9 Å². The summed E-state index contributed by atoms with van der Waals surface area (Å²) in [5.74, 6) is -0.759. The van der Waals surface area contributed by atoms with Crippen LogP contribution in [0.1, 0.15) is 38.8 Å². The summed E-state index contributed by atoms with van der Waals surface area (Å²) < 4.78 is 21.0. The van der Waals surface area contributed by atoms with Crippen LogP contribution < -0.4 is 4.74 Å². The van der Waals surface area contributed by atoms with E-state index in [-0.39, 0.29) is 29.9 Å². The average Bonchev–Trinajstić information content (AvgIpc) is 2.79. The van der Waals surface area contributed by atoms with Crippen molar-refractivity contribution in [3.05, 3.63) is 59.2 Å². The van der Waals surface area contributed by atoms with Crippen molar-refractivity contribution in [2.24, 2.45) is 0 Å². The van der Waals surface area contributed by atoms with Crippen LogP contribution in [-0.4, -0.2) is 66.4 Å². The molecular weight excluding hydrogens is 408 g/mol. The highest BCUT2D eigenvalue weighted by Gasteiger charge is 2.37. The van der Waals surface area contributed by atoms with Gasteiger partial charge < -0.3 is 34.3 Å². The van der Waals surface area contributed by atoms with E-state index in [2.05, 4.69) is 0 Å². The lowest BCUT2D eigenvalue weighted by Gasteiger charge is -2.36. The van der Waals surface area contributed by atoms with E-state index in [1.54, 1.807) is 24.3 Å². The van der Waals surface area contributed by atoms with Crippen LogP contribution in [0.4, 0.5) is 0 Å². The van der Waals surface area contributed by atoms with E-state index in [1.165, 1.54) is 32.4 Å². The first kappa shape index (κ1) is 22.7. The monoisotopic (exact) mass is 432 g/mol. The van der Waals surface area contributed by atoms with Gasteiger partial charge in [0.05, 0.1) is 44.2 Å². The molecule has 1 heterocycles. The van der Waals surface area contributed by atoms with Crippen molar-refractivity contribution in [3.8, 4) is 11.5 Å². The quantitative estimate of drug-likeness (QED) is 0.582. The van der Waals surface area contributed by atoms with Crippen molar-refractivity contribution in [1.29, 1.82) is 0 Å². The molecule has 31 heavy (non-hydrogen) atoms. The first-order valence-corrected chi connectivity index (χ1v) is 9.58. The van der Waals surface area contributed by atoms with Gasteiger partial charge in [-0.3, -0.25) is 0 Å². The molecule has 1 saturated heterocycles. The van der Waals surface area contributed by atoms with Gasteiger partial charge in [-0.2, -0.15) is 0 Å². The standard InChI is InChI=1S/C22H24O9/c1-28-21(26)13-6-14(22(27)29-2)9-16(8-13)30-15-5-3-4-12(7-15)20-19(25)18(24)10-17(11-23)31-20/h3-9,17-20,23-25H,10-11H2,1-2H3/t17?,18?,19?,20-/m1/s1. The van der Waals surface area contributed by atoms with Crippen molar-refractivity contribution >= 4 is 11.9 Å². The molecule has 2 aromatic rings. The van der Waals surface area contributed by atoms with Crippen molar-refractivity contribution in [1.82, 2.24) is 0 Å². The van der Waals surface area contributed by atoms with Crippen LogP contribution in [0.3, 0.4) is 0 Å². The lowest BCUT2D eigenvalue weighted by Crippen LogP contribution is -2.44. The van der Waals surface area contributed by atoms with Crippen LogP contribution in [0, 0.1) is 0 Å². The molecule has 1 aliphatic rings. The third kappa shape index (κ3) is 5.20. The Morgan fingerprint density at radius 2 is 1.65 bits per heavy atom. The highest BCUT2D eigenvalue weighted by Crippen LogP contribution is 2.34. The lowest BCUT2D eigenvalue weighted by molar-refractivity contribution is -0.179. The van der Waals surface area contributed by atoms with E-state index in [0.717, 1.165) is 0 Å². The molecule has 0 saturated carbocycles. The number of benzene rings is 2. The van der Waals surface area contributed by atoms with Gasteiger partial charge in [-0.1, -0.05) is 12.1 Å². The lowest BCUT2D eigenvalue weighted by atomic mass is 9.93. The van der Waals surface area contributed by atoms with Crippen LogP contribution in [-0.2, 0) is 14.2 Å². The maximum atomic E-state index is 11.9. The normalized spacial score (nSPS) is 23.1. The number of hydrogen-bond donors (Lipinski definition) is 3. The van der Waals surface area contributed by atoms with Gasteiger partial charge in [0.25, 0.3) is 0 Å². The molecule has 1 fully saturated rings. The largest absolute Gasteiger partial charge is 0.465 e. The summed E-state index contributed by atoms with van der Waals surface area (Å²) in [6, 6.07) is 10.8. The Morgan fingerprint density at radius 1 is 1.00 bits per heavy atom. The summed E-state index contributed by atoms with van der Waals surface area (Å²) in [5, 5.41) is 29.8. The molecular formula is C22H24O9. The number of hydrogen-bond acceptors (Lipinski definition) is 9. The van der Waals surface area contributed by atoms with Crippen LogP contribution >= 0.6 is 0 Å². The first-order valence-electron chi connectivity index (χ1n) is 9.58. The average molecular weight is 432 g/mol. The third-order valence-electron chi connectivity index (χ3n) is 4.92. The number of methoxy groups -OCH3 is 2. The Bertz CT molecular complexity index is 908. The number of esters is 2. The van der Waals surface area contributed by atoms with Gasteiger partial charge >= 0.3 is 11.9 Å². The van der Waals surface area contributed by atoms with E-state index in [1.807, 2.05) is 0 Å². The molecule has 0 radical (unpaired) electrons. The molecule has 9 heteroatoms. The van der Waals surface area contributed by atoms with Crippen molar-refractivity contribution in [3.63, 3.8) is 0 Å². The van der Waals surface area contributed by atoms with Crippen LogP contribution in [0.25, 0.3) is 0 Å². The van der Waals surface area contributed by atoms with Gasteiger partial charge in [0.2, 0.25) is 0 Å². The zero-order chi connectivity index (χ0) is 22.5. The molecule has 3 unspecified atom stereocenters. The predicted octanol–water partition coefficient (Wildman–Crippen LogP) is 1.60. The fourth-order valence-corrected chi connectivity index (χ4v) is 3.37. The molecule has 4 atom stereocenters. The second-order valence-electron chi connectivity index (χ2n) is 7.06. The molecule has 0 amide bonds. The molecule has 166 valence electrons. The molecule has 0 bridgehead atoms. The topological polar surface area (TPSA) is 132 Å². The Hall–Kier alpha value is -2.98. The van der Waals surface area contributed by atoms with Gasteiger partial charge in [-0.05, 0) is 35.9 Å². The highest BCUT2D eigenvalue weighted by molar-refractivity contribution is 5.96. The van der Waals surface area contributed by atoms with Crippen LogP contribution in [0.2, 0.25) is 0 Å². The molecule has 3 N–H and O–H groups in total. The predicted molar refractivity (Wildman–Crippen MR) is 107 cm³/mol. The molecule has 0 spiro atoms. The number of aliphatic hydroxyl groups is 3. The summed E-state index contributed by atoms with van der Waals surface area (Å²) in [5.41, 5.74) is 0.743. The minimum Gasteiger partial charge on any atom is -0.465 e. The summed E-state index contributed by atoms with van der Waals surface area (Å²) in [7, 11) is 2.45. The maximum Gasteiger partial charge on any atom is 0.338 e. The molecule has 0 aliphatic carbocycles. The molecule has 2 aromatic carbocycles. The Kier molecular flexibility index (Phi) is 7.24. The fourth-order valence-electron chi connectivity index (χ4n) is 3.37. The number of carbonyl (C=O) groups excluding carboxylic acids is 2. The van der Waals surface area contributed by atoms with E-state index < -0.39 is 36.4 Å². The van der Waals surface area contributed by atoms with Crippen molar-refractivity contribution in [2.75, 3.05) is 20.8 Å². The summed E-state index contributed by atoms with van der Waals surface area (Å²) in [6.45, 7) is -0.285. The van der Waals surface area contributed by atoms with E-state index in [4.69, 9.17) is 18.9 Å². The minimum absolute atomic E-state index is 0.108. The van der Waals surface area contributed by atoms with Crippen LogP contribution in [0.5, 0.6) is 11.5 Å². The molecule has 1 aliphatic heterocycles. The summed E-state index contributed by atoms with van der Waals surface area (Å²) in [4.78, 5) is 23.9. The van der Waals surface area contributed by atoms with Crippen LogP contribution in [0.15, 0.2) is 42.5 Å². The first-order chi connectivity index (χ1) is 14.9. The second kappa shape index (κ2) is 9.88. The summed E-state index contributed by atoms with van der Waals surface area (Å²) >= 11 is 0. The molecule has 3 rings (SSSR count). The van der Waals surface area contributed by atoms with Gasteiger partial charge in [-0.15, -0.1) is 0 Å². The van der Waals surface area contributed by atoms with Crippen molar-refractivity contribution in [2.45, 2.75) is 30.8 Å². The van der Waals surface area contributed by atoms with Gasteiger partial charge in [0.1, 0.15) is 23.7 Å². The number of aliphatic hydroxyl groups excluding tert-OH is 3. The third-order valence-corrected chi connectivity index (χ3v) is 4.92. The Balaban J connectivity index is 1.90. The fraction of sp³-hybridized carbons (Fsp3) is 0.364. The van der Waals surface area contributed by atoms with Gasteiger partial charge in [-0.25, -0.2) is 9.59 Å². The Morgan fingerprint density at radius 3 is 2.23 bits per heavy atom. The minimum atomic E-state index is -1.17. The SMILES string of the molecule is COC(=O)c1cc(Oc2cccc([C@H]3OC(CO)CC(O)C3O)c2)cc(C(=O)OC)c1. The zero-order valence-corrected chi connectivity index (χ0v) is 17.1. The van der Waals surface area contributed by atoms with Gasteiger partial charge in [0.15, 0.2) is 0 Å². The number of ether oxygens (including phenoxy) is 4. The number of carbonyl (C=O) groups is 2. The van der Waals surface area contributed by atoms with Gasteiger partial charge in [0, 0.05) is 6.42 Å². The maximum absolute atomic E-state index is 11.9. The molecule has 9 nitrogen and oxygen atoms in total. The second-order valence-corrected chi connectivity index (χ2v) is 7.06. The van der Waals surface area contributed by atoms with E-state index >= 15 is 0 Å². The Labute approximate surface area is 178 Å². The molecule has 0 aromatic heterocycles. The smallest absolute Gasteiger partial charge is 0.338 e. The summed E-state index contributed by atoms with van der Waals surface area (Å²) in [6.07, 6.45) is -3.56. The van der Waals surface area contributed by atoms with E-state index in [0.29, 0.717) is 11.3 Å². The zero-order valence-electron chi connectivity index (χ0n) is 17.1. The van der Waals surface area contributed by atoms with E-state index in [9.17, 15) is 24.9 Å². The number of rotatable bonds is 6.